The van der Waals surface area contributed by atoms with E-state index in [-0.39, 0.29) is 11.6 Å². The van der Waals surface area contributed by atoms with Gasteiger partial charge < -0.3 is 32.4 Å². The number of rotatable bonds is 8. The summed E-state index contributed by atoms with van der Waals surface area (Å²) < 4.78 is 11.6. The van der Waals surface area contributed by atoms with Gasteiger partial charge in [0.2, 0.25) is 0 Å². The molecule has 0 aromatic heterocycles. The molecule has 0 heterocycles. The van der Waals surface area contributed by atoms with Crippen molar-refractivity contribution in [3.05, 3.63) is 168 Å². The molecule has 6 rings (SSSR count). The van der Waals surface area contributed by atoms with E-state index in [2.05, 4.69) is 0 Å². The summed E-state index contributed by atoms with van der Waals surface area (Å²) in [5.74, 6) is 2.49. The van der Waals surface area contributed by atoms with Crippen molar-refractivity contribution in [1.29, 1.82) is 0 Å². The van der Waals surface area contributed by atoms with Crippen molar-refractivity contribution in [2.75, 3.05) is 22.9 Å². The van der Waals surface area contributed by atoms with Crippen LogP contribution in [-0.2, 0) is 0 Å². The SMILES string of the molecule is Nc1ccc(C(=O)c2ccc(C(=O)c3ccc(N)cc3)cc2)cc1.Nc1cccc(Oc2cccc(Oc3cccc(N)c3)c2)c1. The fraction of sp³-hybridized carbons (Fsp3) is 0. The van der Waals surface area contributed by atoms with Crippen molar-refractivity contribution in [2.24, 2.45) is 0 Å². The number of nitrogens with two attached hydrogens (primary N) is 4. The van der Waals surface area contributed by atoms with Crippen LogP contribution >= 0.6 is 0 Å². The number of hydrogen-bond acceptors (Lipinski definition) is 8. The molecule has 6 aromatic rings. The molecule has 0 aliphatic heterocycles. The molecule has 228 valence electrons. The first-order valence-electron chi connectivity index (χ1n) is 14.3. The van der Waals surface area contributed by atoms with Gasteiger partial charge in [-0.15, -0.1) is 0 Å². The largest absolute Gasteiger partial charge is 0.457 e. The molecule has 46 heavy (non-hydrogen) atoms. The maximum Gasteiger partial charge on any atom is 0.193 e. The zero-order chi connectivity index (χ0) is 32.5. The lowest BCUT2D eigenvalue weighted by atomic mass is 9.98. The van der Waals surface area contributed by atoms with Crippen LogP contribution in [-0.4, -0.2) is 11.6 Å². The molecule has 0 saturated heterocycles. The Morgan fingerprint density at radius 3 is 0.957 bits per heavy atom. The number of carbonyl (C=O) groups excluding carboxylic acids is 2. The minimum atomic E-state index is -0.110. The Morgan fingerprint density at radius 2 is 0.630 bits per heavy atom. The fourth-order valence-corrected chi connectivity index (χ4v) is 4.40. The first-order valence-corrected chi connectivity index (χ1v) is 14.3. The van der Waals surface area contributed by atoms with E-state index >= 15 is 0 Å². The first kappa shape index (κ1) is 30.9. The number of benzene rings is 6. The molecule has 0 saturated carbocycles. The number of ether oxygens (including phenoxy) is 2. The Hall–Kier alpha value is -6.54. The third kappa shape index (κ3) is 8.30. The van der Waals surface area contributed by atoms with Crippen LogP contribution in [0.4, 0.5) is 22.7 Å². The summed E-state index contributed by atoms with van der Waals surface area (Å²) in [6.45, 7) is 0. The van der Waals surface area contributed by atoms with E-state index in [0.717, 1.165) is 0 Å². The summed E-state index contributed by atoms with van der Waals surface area (Å²) in [6.07, 6.45) is 0. The van der Waals surface area contributed by atoms with Crippen LogP contribution < -0.4 is 32.4 Å². The molecule has 0 aliphatic carbocycles. The maximum atomic E-state index is 12.4. The van der Waals surface area contributed by atoms with Crippen molar-refractivity contribution in [3.8, 4) is 23.0 Å². The van der Waals surface area contributed by atoms with Gasteiger partial charge >= 0.3 is 0 Å². The highest BCUT2D eigenvalue weighted by Gasteiger charge is 2.12. The van der Waals surface area contributed by atoms with Crippen LogP contribution in [0.1, 0.15) is 31.8 Å². The number of nitrogen functional groups attached to an aromatic ring is 4. The van der Waals surface area contributed by atoms with Gasteiger partial charge in [0.1, 0.15) is 23.0 Å². The van der Waals surface area contributed by atoms with Crippen molar-refractivity contribution in [1.82, 2.24) is 0 Å². The van der Waals surface area contributed by atoms with Crippen LogP contribution in [0.15, 0.2) is 146 Å². The molecule has 0 fully saturated rings. The van der Waals surface area contributed by atoms with Gasteiger partial charge in [-0.3, -0.25) is 9.59 Å². The third-order valence-corrected chi connectivity index (χ3v) is 6.75. The quantitative estimate of drug-likeness (QED) is 0.101. The first-order chi connectivity index (χ1) is 22.2. The van der Waals surface area contributed by atoms with Gasteiger partial charge in [-0.05, 0) is 84.9 Å². The van der Waals surface area contributed by atoms with E-state index in [0.29, 0.717) is 68.0 Å². The number of ketones is 2. The summed E-state index contributed by atoms with van der Waals surface area (Å²) in [5.41, 5.74) is 27.4. The van der Waals surface area contributed by atoms with Crippen LogP contribution in [0.5, 0.6) is 23.0 Å². The lowest BCUT2D eigenvalue weighted by Gasteiger charge is -2.09. The lowest BCUT2D eigenvalue weighted by Crippen LogP contribution is -2.04. The van der Waals surface area contributed by atoms with Gasteiger partial charge in [-0.25, -0.2) is 0 Å². The van der Waals surface area contributed by atoms with Crippen LogP contribution in [0.2, 0.25) is 0 Å². The predicted octanol–water partition coefficient (Wildman–Crippen LogP) is 7.75. The molecule has 0 spiro atoms. The third-order valence-electron chi connectivity index (χ3n) is 6.75. The Kier molecular flexibility index (Phi) is 9.60. The smallest absolute Gasteiger partial charge is 0.193 e. The van der Waals surface area contributed by atoms with E-state index < -0.39 is 0 Å². The second-order valence-corrected chi connectivity index (χ2v) is 10.3. The molecular formula is C38H32N4O4. The number of hydrogen-bond donors (Lipinski definition) is 4. The summed E-state index contributed by atoms with van der Waals surface area (Å²) >= 11 is 0. The summed E-state index contributed by atoms with van der Waals surface area (Å²) in [6, 6.07) is 42.1. The summed E-state index contributed by atoms with van der Waals surface area (Å²) in [5, 5.41) is 0. The average Bonchev–Trinajstić information content (AvgIpc) is 3.05. The fourth-order valence-electron chi connectivity index (χ4n) is 4.40. The molecule has 6 aromatic carbocycles. The molecular weight excluding hydrogens is 576 g/mol. The molecule has 8 nitrogen and oxygen atoms in total. The maximum absolute atomic E-state index is 12.4. The molecule has 0 radical (unpaired) electrons. The van der Waals surface area contributed by atoms with Gasteiger partial charge in [-0.1, -0.05) is 42.5 Å². The van der Waals surface area contributed by atoms with Crippen LogP contribution in [0.3, 0.4) is 0 Å². The minimum absolute atomic E-state index is 0.110. The highest BCUT2D eigenvalue weighted by Crippen LogP contribution is 2.29. The van der Waals surface area contributed by atoms with Crippen LogP contribution in [0, 0.1) is 0 Å². The zero-order valence-corrected chi connectivity index (χ0v) is 24.8. The van der Waals surface area contributed by atoms with Crippen molar-refractivity contribution >= 4 is 34.3 Å². The molecule has 8 heteroatoms. The van der Waals surface area contributed by atoms with Gasteiger partial charge in [0.15, 0.2) is 11.6 Å². The molecule has 8 N–H and O–H groups in total. The normalized spacial score (nSPS) is 10.3. The topological polar surface area (TPSA) is 157 Å². The minimum Gasteiger partial charge on any atom is -0.457 e. The second kappa shape index (κ2) is 14.3. The Labute approximate surface area is 266 Å². The Bertz CT molecular complexity index is 1820. The van der Waals surface area contributed by atoms with Gasteiger partial charge in [0.05, 0.1) is 0 Å². The highest BCUT2D eigenvalue weighted by atomic mass is 16.5. The van der Waals surface area contributed by atoms with Crippen molar-refractivity contribution in [2.45, 2.75) is 0 Å². The van der Waals surface area contributed by atoms with Gasteiger partial charge in [0.25, 0.3) is 0 Å². The monoisotopic (exact) mass is 608 g/mol. The van der Waals surface area contributed by atoms with E-state index in [1.807, 2.05) is 60.7 Å². The average molecular weight is 609 g/mol. The zero-order valence-electron chi connectivity index (χ0n) is 24.8. The van der Waals surface area contributed by atoms with Crippen molar-refractivity contribution in [3.63, 3.8) is 0 Å². The molecule has 0 unspecified atom stereocenters. The molecule has 0 atom stereocenters. The Balaban J connectivity index is 0.000000182. The van der Waals surface area contributed by atoms with E-state index in [4.69, 9.17) is 32.4 Å². The standard InChI is InChI=1S/C20H16N2O2.C18H16N2O2/c21-17-9-5-15(6-10-17)19(23)13-1-2-14(4-3-13)20(24)16-7-11-18(22)12-8-16;19-13-4-1-6-15(10-13)21-17-8-3-9-18(12-17)22-16-7-2-5-14(20)11-16/h1-12H,21-22H2;1-12H,19-20H2. The predicted molar refractivity (Wildman–Crippen MR) is 183 cm³/mol. The molecule has 0 aliphatic rings. The van der Waals surface area contributed by atoms with Crippen LogP contribution in [0.25, 0.3) is 0 Å². The van der Waals surface area contributed by atoms with Crippen molar-refractivity contribution < 1.29 is 19.1 Å². The Morgan fingerprint density at radius 1 is 0.348 bits per heavy atom. The number of carbonyl (C=O) groups is 2. The van der Waals surface area contributed by atoms with Gasteiger partial charge in [-0.2, -0.15) is 0 Å². The lowest BCUT2D eigenvalue weighted by molar-refractivity contribution is 0.102. The second-order valence-electron chi connectivity index (χ2n) is 10.3. The molecule has 0 amide bonds. The van der Waals surface area contributed by atoms with E-state index in [9.17, 15) is 9.59 Å². The van der Waals surface area contributed by atoms with Gasteiger partial charge in [0, 0.05) is 63.2 Å². The summed E-state index contributed by atoms with van der Waals surface area (Å²) in [7, 11) is 0. The highest BCUT2D eigenvalue weighted by molar-refractivity contribution is 6.11. The van der Waals surface area contributed by atoms with E-state index in [1.54, 1.807) is 84.9 Å². The summed E-state index contributed by atoms with van der Waals surface area (Å²) in [4.78, 5) is 24.8. The molecule has 0 bridgehead atoms. The van der Waals surface area contributed by atoms with E-state index in [1.165, 1.54) is 0 Å². The number of anilines is 4.